The lowest BCUT2D eigenvalue weighted by atomic mass is 9.96. The molecule has 0 radical (unpaired) electrons. The molecule has 0 aliphatic heterocycles. The lowest BCUT2D eigenvalue weighted by Gasteiger charge is -2.34. The SMILES string of the molecule is CCOc1nc(C(OCC)(OCC)c2ccccc2)c2ccccc2c1OCC. The summed E-state index contributed by atoms with van der Waals surface area (Å²) in [5.41, 5.74) is 1.54. The minimum Gasteiger partial charge on any atom is -0.488 e. The van der Waals surface area contributed by atoms with Gasteiger partial charge in [-0.05, 0) is 27.7 Å². The van der Waals surface area contributed by atoms with E-state index in [0.717, 1.165) is 16.3 Å². The average Bonchev–Trinajstić information content (AvgIpc) is 2.76. The molecule has 3 aromatic rings. The Morgan fingerprint density at radius 3 is 1.86 bits per heavy atom. The van der Waals surface area contributed by atoms with Crippen LogP contribution in [0.4, 0.5) is 0 Å². The van der Waals surface area contributed by atoms with E-state index >= 15 is 0 Å². The number of nitrogens with zero attached hydrogens (tertiary/aromatic N) is 1. The molecule has 0 N–H and O–H groups in total. The summed E-state index contributed by atoms with van der Waals surface area (Å²) in [5, 5.41) is 1.83. The van der Waals surface area contributed by atoms with Gasteiger partial charge in [0.2, 0.25) is 5.79 Å². The molecule has 2 aromatic carbocycles. The standard InChI is InChI=1S/C24H29NO4/c1-5-26-21-19-16-12-13-17-20(19)22(25-23(21)27-6-2)24(28-7-3,29-8-4)18-14-10-9-11-15-18/h9-17H,5-8H2,1-4H3. The molecule has 1 heterocycles. The Hall–Kier alpha value is -2.63. The number of ether oxygens (including phenoxy) is 4. The molecule has 5 nitrogen and oxygen atoms in total. The second-order valence-electron chi connectivity index (χ2n) is 6.35. The van der Waals surface area contributed by atoms with Crippen molar-refractivity contribution in [1.29, 1.82) is 0 Å². The Balaban J connectivity index is 2.38. The molecule has 154 valence electrons. The number of hydrogen-bond donors (Lipinski definition) is 0. The van der Waals surface area contributed by atoms with Gasteiger partial charge in [0.1, 0.15) is 5.69 Å². The lowest BCUT2D eigenvalue weighted by Crippen LogP contribution is -2.36. The maximum absolute atomic E-state index is 6.30. The summed E-state index contributed by atoms with van der Waals surface area (Å²) < 4.78 is 24.4. The maximum Gasteiger partial charge on any atom is 0.258 e. The zero-order valence-corrected chi connectivity index (χ0v) is 17.6. The first-order valence-corrected chi connectivity index (χ1v) is 10.2. The lowest BCUT2D eigenvalue weighted by molar-refractivity contribution is -0.214. The van der Waals surface area contributed by atoms with E-state index in [4.69, 9.17) is 23.9 Å². The smallest absolute Gasteiger partial charge is 0.258 e. The molecule has 0 bridgehead atoms. The number of aromatic nitrogens is 1. The topological polar surface area (TPSA) is 49.8 Å². The predicted octanol–water partition coefficient (Wildman–Crippen LogP) is 5.31. The van der Waals surface area contributed by atoms with Crippen molar-refractivity contribution in [1.82, 2.24) is 4.98 Å². The van der Waals surface area contributed by atoms with Gasteiger partial charge in [0, 0.05) is 29.5 Å². The van der Waals surface area contributed by atoms with Crippen LogP contribution in [0.5, 0.6) is 11.6 Å². The Morgan fingerprint density at radius 1 is 0.690 bits per heavy atom. The molecule has 0 aliphatic carbocycles. The molecule has 0 saturated carbocycles. The first-order chi connectivity index (χ1) is 14.2. The van der Waals surface area contributed by atoms with Gasteiger partial charge in [0.15, 0.2) is 5.75 Å². The maximum atomic E-state index is 6.30. The normalized spacial score (nSPS) is 11.6. The first kappa shape index (κ1) is 21.1. The summed E-state index contributed by atoms with van der Waals surface area (Å²) in [6.45, 7) is 9.71. The largest absolute Gasteiger partial charge is 0.488 e. The molecule has 0 fully saturated rings. The highest BCUT2D eigenvalue weighted by molar-refractivity contribution is 5.92. The third-order valence-electron chi connectivity index (χ3n) is 4.56. The van der Waals surface area contributed by atoms with Gasteiger partial charge in [0.25, 0.3) is 5.88 Å². The van der Waals surface area contributed by atoms with Gasteiger partial charge in [-0.15, -0.1) is 0 Å². The van der Waals surface area contributed by atoms with Crippen LogP contribution in [0, 0.1) is 0 Å². The van der Waals surface area contributed by atoms with Gasteiger partial charge in [0.05, 0.1) is 13.2 Å². The highest BCUT2D eigenvalue weighted by Crippen LogP contribution is 2.43. The van der Waals surface area contributed by atoms with Crippen molar-refractivity contribution in [3.8, 4) is 11.6 Å². The van der Waals surface area contributed by atoms with Gasteiger partial charge >= 0.3 is 0 Å². The quantitative estimate of drug-likeness (QED) is 0.436. The number of rotatable bonds is 10. The summed E-state index contributed by atoms with van der Waals surface area (Å²) >= 11 is 0. The minimum atomic E-state index is -1.15. The number of pyridine rings is 1. The van der Waals surface area contributed by atoms with Crippen molar-refractivity contribution >= 4 is 10.8 Å². The summed E-state index contributed by atoms with van der Waals surface area (Å²) in [6, 6.07) is 17.9. The third kappa shape index (κ3) is 4.07. The number of fused-ring (bicyclic) bond motifs is 1. The molecule has 0 amide bonds. The van der Waals surface area contributed by atoms with Crippen LogP contribution in [0.25, 0.3) is 10.8 Å². The summed E-state index contributed by atoms with van der Waals surface area (Å²) in [7, 11) is 0. The summed E-state index contributed by atoms with van der Waals surface area (Å²) in [5.74, 6) is -0.0625. The fourth-order valence-electron chi connectivity index (χ4n) is 3.53. The Morgan fingerprint density at radius 2 is 1.28 bits per heavy atom. The second-order valence-corrected chi connectivity index (χ2v) is 6.35. The number of benzene rings is 2. The fraction of sp³-hybridized carbons (Fsp3) is 0.375. The summed E-state index contributed by atoms with van der Waals surface area (Å²) in [4.78, 5) is 4.90. The van der Waals surface area contributed by atoms with Crippen molar-refractivity contribution < 1.29 is 18.9 Å². The van der Waals surface area contributed by atoms with Crippen molar-refractivity contribution in [2.45, 2.75) is 33.5 Å². The molecular formula is C24H29NO4. The van der Waals surface area contributed by atoms with Gasteiger partial charge in [-0.3, -0.25) is 0 Å². The average molecular weight is 395 g/mol. The Kier molecular flexibility index (Phi) is 7.07. The molecule has 29 heavy (non-hydrogen) atoms. The second kappa shape index (κ2) is 9.72. The van der Waals surface area contributed by atoms with E-state index in [1.165, 1.54) is 0 Å². The van der Waals surface area contributed by atoms with E-state index < -0.39 is 5.79 Å². The molecule has 5 heteroatoms. The molecule has 0 atom stereocenters. The van der Waals surface area contributed by atoms with Crippen LogP contribution in [0.2, 0.25) is 0 Å². The van der Waals surface area contributed by atoms with Crippen LogP contribution in [0.3, 0.4) is 0 Å². The monoisotopic (exact) mass is 395 g/mol. The molecule has 0 aliphatic rings. The van der Waals surface area contributed by atoms with E-state index in [1.807, 2.05) is 82.3 Å². The summed E-state index contributed by atoms with van der Waals surface area (Å²) in [6.07, 6.45) is 0. The zero-order valence-electron chi connectivity index (χ0n) is 17.6. The van der Waals surface area contributed by atoms with E-state index in [0.29, 0.717) is 43.8 Å². The fourth-order valence-corrected chi connectivity index (χ4v) is 3.53. The third-order valence-corrected chi connectivity index (χ3v) is 4.56. The Labute approximate surface area is 172 Å². The van der Waals surface area contributed by atoms with Gasteiger partial charge in [-0.25, -0.2) is 4.98 Å². The van der Waals surface area contributed by atoms with Crippen LogP contribution in [0.1, 0.15) is 39.0 Å². The molecule has 0 saturated heterocycles. The molecular weight excluding hydrogens is 366 g/mol. The first-order valence-electron chi connectivity index (χ1n) is 10.2. The van der Waals surface area contributed by atoms with Crippen LogP contribution in [-0.4, -0.2) is 31.4 Å². The number of hydrogen-bond acceptors (Lipinski definition) is 5. The van der Waals surface area contributed by atoms with Crippen molar-refractivity contribution in [2.24, 2.45) is 0 Å². The van der Waals surface area contributed by atoms with E-state index in [2.05, 4.69) is 0 Å². The van der Waals surface area contributed by atoms with Crippen LogP contribution in [0.15, 0.2) is 54.6 Å². The molecule has 3 rings (SSSR count). The molecule has 0 unspecified atom stereocenters. The van der Waals surface area contributed by atoms with E-state index in [1.54, 1.807) is 0 Å². The van der Waals surface area contributed by atoms with Crippen molar-refractivity contribution in [2.75, 3.05) is 26.4 Å². The van der Waals surface area contributed by atoms with Gasteiger partial charge in [-0.2, -0.15) is 0 Å². The predicted molar refractivity (Wildman–Crippen MR) is 115 cm³/mol. The van der Waals surface area contributed by atoms with Gasteiger partial charge < -0.3 is 18.9 Å². The van der Waals surface area contributed by atoms with Crippen molar-refractivity contribution in [3.63, 3.8) is 0 Å². The van der Waals surface area contributed by atoms with Crippen LogP contribution < -0.4 is 9.47 Å². The van der Waals surface area contributed by atoms with Crippen LogP contribution >= 0.6 is 0 Å². The Bertz CT molecular complexity index is 921. The highest BCUT2D eigenvalue weighted by Gasteiger charge is 2.40. The van der Waals surface area contributed by atoms with Gasteiger partial charge in [-0.1, -0.05) is 54.6 Å². The van der Waals surface area contributed by atoms with E-state index in [9.17, 15) is 0 Å². The zero-order chi connectivity index (χ0) is 20.7. The molecule has 1 aromatic heterocycles. The minimum absolute atomic E-state index is 0.447. The molecule has 0 spiro atoms. The van der Waals surface area contributed by atoms with E-state index in [-0.39, 0.29) is 0 Å². The van der Waals surface area contributed by atoms with Crippen LogP contribution in [-0.2, 0) is 15.3 Å². The highest BCUT2D eigenvalue weighted by atomic mass is 16.7. The van der Waals surface area contributed by atoms with Crippen molar-refractivity contribution in [3.05, 3.63) is 65.9 Å².